The van der Waals surface area contributed by atoms with Crippen molar-refractivity contribution in [1.29, 1.82) is 0 Å². The van der Waals surface area contributed by atoms with Gasteiger partial charge in [0, 0.05) is 25.7 Å². The van der Waals surface area contributed by atoms with E-state index in [4.69, 9.17) is 4.74 Å². The fraction of sp³-hybridized carbons (Fsp3) is 0.714. The second-order valence-electron chi connectivity index (χ2n) is 5.68. The molecule has 0 aromatic carbocycles. The summed E-state index contributed by atoms with van der Waals surface area (Å²) in [6.45, 7) is 3.30. The molecule has 0 amide bonds. The molecule has 2 saturated heterocycles. The SMILES string of the molecule is COCCn1ncc(NC2CCN3CCCC23)c(Br)c1=O. The zero-order chi connectivity index (χ0) is 14.8. The van der Waals surface area contributed by atoms with E-state index >= 15 is 0 Å². The second kappa shape index (κ2) is 6.46. The number of hydrogen-bond donors (Lipinski definition) is 1. The predicted molar refractivity (Wildman–Crippen MR) is 84.7 cm³/mol. The van der Waals surface area contributed by atoms with Crippen LogP contribution in [0.2, 0.25) is 0 Å². The topological polar surface area (TPSA) is 59.4 Å². The second-order valence-corrected chi connectivity index (χ2v) is 6.47. The Labute approximate surface area is 132 Å². The highest BCUT2D eigenvalue weighted by Crippen LogP contribution is 2.31. The number of ether oxygens (including phenoxy) is 1. The summed E-state index contributed by atoms with van der Waals surface area (Å²) in [5.74, 6) is 0. The fourth-order valence-corrected chi connectivity index (χ4v) is 3.77. The van der Waals surface area contributed by atoms with Gasteiger partial charge in [0.25, 0.3) is 5.56 Å². The highest BCUT2D eigenvalue weighted by molar-refractivity contribution is 9.10. The van der Waals surface area contributed by atoms with Crippen molar-refractivity contribution in [3.05, 3.63) is 21.0 Å². The third kappa shape index (κ3) is 3.00. The van der Waals surface area contributed by atoms with Gasteiger partial charge in [-0.15, -0.1) is 0 Å². The molecular formula is C14H21BrN4O2. The molecule has 0 saturated carbocycles. The lowest BCUT2D eigenvalue weighted by atomic mass is 10.1. The van der Waals surface area contributed by atoms with E-state index in [1.54, 1.807) is 13.3 Å². The third-order valence-corrected chi connectivity index (χ3v) is 5.21. The van der Waals surface area contributed by atoms with Crippen LogP contribution in [0.1, 0.15) is 19.3 Å². The molecule has 2 aliphatic rings. The molecule has 116 valence electrons. The number of rotatable bonds is 5. The fourth-order valence-electron chi connectivity index (χ4n) is 3.35. The Hall–Kier alpha value is -0.920. The molecule has 0 aliphatic carbocycles. The summed E-state index contributed by atoms with van der Waals surface area (Å²) in [6.07, 6.45) is 5.39. The Bertz CT molecular complexity index is 562. The van der Waals surface area contributed by atoms with Crippen LogP contribution in [0.25, 0.3) is 0 Å². The summed E-state index contributed by atoms with van der Waals surface area (Å²) in [7, 11) is 1.61. The van der Waals surface area contributed by atoms with Crippen LogP contribution in [0.4, 0.5) is 5.69 Å². The zero-order valence-electron chi connectivity index (χ0n) is 12.2. The van der Waals surface area contributed by atoms with E-state index in [1.165, 1.54) is 24.1 Å². The summed E-state index contributed by atoms with van der Waals surface area (Å²) in [5, 5.41) is 7.73. The Balaban J connectivity index is 1.74. The molecule has 6 nitrogen and oxygen atoms in total. The molecule has 2 aliphatic heterocycles. The number of hydrogen-bond acceptors (Lipinski definition) is 5. The Morgan fingerprint density at radius 1 is 1.48 bits per heavy atom. The Morgan fingerprint density at radius 3 is 3.14 bits per heavy atom. The van der Waals surface area contributed by atoms with Crippen molar-refractivity contribution >= 4 is 21.6 Å². The molecule has 21 heavy (non-hydrogen) atoms. The van der Waals surface area contributed by atoms with Gasteiger partial charge in [-0.3, -0.25) is 9.69 Å². The number of fused-ring (bicyclic) bond motifs is 1. The van der Waals surface area contributed by atoms with E-state index in [1.807, 2.05) is 0 Å². The van der Waals surface area contributed by atoms with Gasteiger partial charge < -0.3 is 10.1 Å². The van der Waals surface area contributed by atoms with Crippen LogP contribution in [0.5, 0.6) is 0 Å². The van der Waals surface area contributed by atoms with Gasteiger partial charge in [0.1, 0.15) is 4.47 Å². The largest absolute Gasteiger partial charge is 0.383 e. The first-order valence-corrected chi connectivity index (χ1v) is 8.25. The smallest absolute Gasteiger partial charge is 0.283 e. The van der Waals surface area contributed by atoms with Crippen LogP contribution in [0.3, 0.4) is 0 Å². The summed E-state index contributed by atoms with van der Waals surface area (Å²) >= 11 is 3.41. The van der Waals surface area contributed by atoms with E-state index in [9.17, 15) is 4.79 Å². The number of nitrogens with zero attached hydrogens (tertiary/aromatic N) is 3. The quantitative estimate of drug-likeness (QED) is 0.861. The average Bonchev–Trinajstić information content (AvgIpc) is 3.08. The standard InChI is InChI=1S/C14H21BrN4O2/c1-21-8-7-19-14(20)13(15)11(9-16-19)17-10-4-6-18-5-2-3-12(10)18/h9-10,12,17H,2-8H2,1H3. The van der Waals surface area contributed by atoms with Gasteiger partial charge in [0.15, 0.2) is 0 Å². The third-order valence-electron chi connectivity index (χ3n) is 4.44. The average molecular weight is 357 g/mol. The van der Waals surface area contributed by atoms with Crippen LogP contribution in [-0.4, -0.2) is 53.6 Å². The van der Waals surface area contributed by atoms with Crippen molar-refractivity contribution in [2.24, 2.45) is 0 Å². The van der Waals surface area contributed by atoms with Crippen LogP contribution in [-0.2, 0) is 11.3 Å². The van der Waals surface area contributed by atoms with Gasteiger partial charge in [0.2, 0.25) is 0 Å². The molecule has 0 bridgehead atoms. The molecule has 0 spiro atoms. The molecule has 3 heterocycles. The number of anilines is 1. The van der Waals surface area contributed by atoms with Crippen LogP contribution in [0, 0.1) is 0 Å². The maximum atomic E-state index is 12.2. The first-order valence-electron chi connectivity index (χ1n) is 7.46. The monoisotopic (exact) mass is 356 g/mol. The summed E-state index contributed by atoms with van der Waals surface area (Å²) < 4.78 is 6.98. The molecule has 7 heteroatoms. The van der Waals surface area contributed by atoms with Crippen molar-refractivity contribution in [2.45, 2.75) is 37.9 Å². The van der Waals surface area contributed by atoms with Gasteiger partial charge in [0.05, 0.1) is 25.0 Å². The van der Waals surface area contributed by atoms with E-state index in [0.717, 1.165) is 18.7 Å². The highest BCUT2D eigenvalue weighted by Gasteiger charge is 2.37. The molecule has 1 aromatic heterocycles. The lowest BCUT2D eigenvalue weighted by Gasteiger charge is -2.22. The van der Waals surface area contributed by atoms with Gasteiger partial charge in [-0.1, -0.05) is 0 Å². The molecule has 2 fully saturated rings. The number of methoxy groups -OCH3 is 1. The van der Waals surface area contributed by atoms with Crippen LogP contribution >= 0.6 is 15.9 Å². The summed E-state index contributed by atoms with van der Waals surface area (Å²) in [6, 6.07) is 1.02. The van der Waals surface area contributed by atoms with E-state index in [0.29, 0.717) is 29.7 Å². The Kier molecular flexibility index (Phi) is 4.61. The lowest BCUT2D eigenvalue weighted by Crippen LogP contribution is -2.35. The highest BCUT2D eigenvalue weighted by atomic mass is 79.9. The first kappa shape index (κ1) is 15.0. The van der Waals surface area contributed by atoms with E-state index < -0.39 is 0 Å². The van der Waals surface area contributed by atoms with Gasteiger partial charge in [-0.25, -0.2) is 4.68 Å². The molecule has 2 atom stereocenters. The number of aromatic nitrogens is 2. The van der Waals surface area contributed by atoms with Crippen molar-refractivity contribution in [3.63, 3.8) is 0 Å². The molecular weight excluding hydrogens is 336 g/mol. The molecule has 1 N–H and O–H groups in total. The minimum atomic E-state index is -0.113. The molecule has 0 radical (unpaired) electrons. The van der Waals surface area contributed by atoms with Gasteiger partial charge in [-0.05, 0) is 41.7 Å². The normalized spacial score (nSPS) is 25.2. The summed E-state index contributed by atoms with van der Waals surface area (Å²) in [5.41, 5.74) is 0.686. The minimum Gasteiger partial charge on any atom is -0.383 e. The molecule has 1 aromatic rings. The zero-order valence-corrected chi connectivity index (χ0v) is 13.8. The van der Waals surface area contributed by atoms with Crippen molar-refractivity contribution in [3.8, 4) is 0 Å². The van der Waals surface area contributed by atoms with Crippen LogP contribution < -0.4 is 10.9 Å². The van der Waals surface area contributed by atoms with Crippen molar-refractivity contribution in [2.75, 3.05) is 32.1 Å². The first-order chi connectivity index (χ1) is 10.2. The van der Waals surface area contributed by atoms with E-state index in [-0.39, 0.29) is 5.56 Å². The van der Waals surface area contributed by atoms with Gasteiger partial charge >= 0.3 is 0 Å². The minimum absolute atomic E-state index is 0.113. The molecule has 2 unspecified atom stereocenters. The van der Waals surface area contributed by atoms with Crippen molar-refractivity contribution < 1.29 is 4.74 Å². The van der Waals surface area contributed by atoms with Crippen molar-refractivity contribution in [1.82, 2.24) is 14.7 Å². The maximum absolute atomic E-state index is 12.2. The van der Waals surface area contributed by atoms with Gasteiger partial charge in [-0.2, -0.15) is 5.10 Å². The predicted octanol–water partition coefficient (Wildman–Crippen LogP) is 1.30. The summed E-state index contributed by atoms with van der Waals surface area (Å²) in [4.78, 5) is 14.8. The van der Waals surface area contributed by atoms with Crippen LogP contribution in [0.15, 0.2) is 15.5 Å². The van der Waals surface area contributed by atoms with E-state index in [2.05, 4.69) is 31.2 Å². The number of nitrogens with one attached hydrogen (secondary N) is 1. The maximum Gasteiger partial charge on any atom is 0.283 e. The number of halogens is 1. The lowest BCUT2D eigenvalue weighted by molar-refractivity contribution is 0.181. The Morgan fingerprint density at radius 2 is 2.33 bits per heavy atom. The molecule has 3 rings (SSSR count).